The molecule has 3 heterocycles. The van der Waals surface area contributed by atoms with Crippen molar-refractivity contribution in [3.63, 3.8) is 0 Å². The molecule has 5 rings (SSSR count). The van der Waals surface area contributed by atoms with Gasteiger partial charge in [-0.25, -0.2) is 9.97 Å². The van der Waals surface area contributed by atoms with Crippen molar-refractivity contribution < 1.29 is 9.52 Å². The summed E-state index contributed by atoms with van der Waals surface area (Å²) in [5.74, 6) is 0.738. The van der Waals surface area contributed by atoms with Crippen LogP contribution in [0.3, 0.4) is 0 Å². The van der Waals surface area contributed by atoms with Crippen LogP contribution in [-0.4, -0.2) is 30.5 Å². The molecular formula is C25H22N4O2. The number of fused-ring (bicyclic) bond motifs is 1. The highest BCUT2D eigenvalue weighted by molar-refractivity contribution is 5.95. The zero-order chi connectivity index (χ0) is 21.4. The van der Waals surface area contributed by atoms with Crippen LogP contribution in [0.15, 0.2) is 83.7 Å². The molecule has 0 aliphatic rings. The Morgan fingerprint density at radius 2 is 1.58 bits per heavy atom. The predicted molar refractivity (Wildman–Crippen MR) is 120 cm³/mol. The third-order valence-corrected chi connectivity index (χ3v) is 5.00. The first kappa shape index (κ1) is 19.2. The van der Waals surface area contributed by atoms with Crippen LogP contribution in [0.4, 0.5) is 0 Å². The molecule has 3 aromatic heterocycles. The average Bonchev–Trinajstić information content (AvgIpc) is 3.38. The minimum Gasteiger partial charge on any atom is -0.438 e. The highest BCUT2D eigenvalue weighted by Gasteiger charge is 2.22. The zero-order valence-electron chi connectivity index (χ0n) is 17.4. The number of aromatic nitrogens is 4. The summed E-state index contributed by atoms with van der Waals surface area (Å²) in [5.41, 5.74) is 4.00. The molecule has 0 saturated carbocycles. The average molecular weight is 410 g/mol. The monoisotopic (exact) mass is 410 g/mol. The molecule has 0 aliphatic carbocycles. The lowest BCUT2D eigenvalue weighted by atomic mass is 10.0. The summed E-state index contributed by atoms with van der Waals surface area (Å²) in [4.78, 5) is 8.93. The number of rotatable bonds is 5. The van der Waals surface area contributed by atoms with Gasteiger partial charge in [-0.3, -0.25) is 4.68 Å². The summed E-state index contributed by atoms with van der Waals surface area (Å²) in [7, 11) is 0. The lowest BCUT2D eigenvalue weighted by Gasteiger charge is -2.16. The van der Waals surface area contributed by atoms with Crippen molar-refractivity contribution >= 4 is 11.1 Å². The van der Waals surface area contributed by atoms with Gasteiger partial charge in [0, 0.05) is 22.9 Å². The molecule has 0 spiro atoms. The van der Waals surface area contributed by atoms with Crippen LogP contribution in [0.1, 0.15) is 13.8 Å². The lowest BCUT2D eigenvalue weighted by molar-refractivity contribution is 0.0578. The van der Waals surface area contributed by atoms with Crippen molar-refractivity contribution in [3.8, 4) is 33.8 Å². The van der Waals surface area contributed by atoms with Gasteiger partial charge in [-0.15, -0.1) is 0 Å². The zero-order valence-corrected chi connectivity index (χ0v) is 17.4. The Kier molecular flexibility index (Phi) is 4.64. The van der Waals surface area contributed by atoms with E-state index < -0.39 is 5.60 Å². The Balaban J connectivity index is 1.70. The molecule has 31 heavy (non-hydrogen) atoms. The van der Waals surface area contributed by atoms with E-state index in [-0.39, 0.29) is 0 Å². The van der Waals surface area contributed by atoms with E-state index in [1.165, 1.54) is 6.33 Å². The summed E-state index contributed by atoms with van der Waals surface area (Å²) in [5, 5.41) is 15.9. The van der Waals surface area contributed by atoms with Crippen LogP contribution >= 0.6 is 0 Å². The van der Waals surface area contributed by atoms with Gasteiger partial charge in [0.05, 0.1) is 23.2 Å². The van der Waals surface area contributed by atoms with Gasteiger partial charge < -0.3 is 9.52 Å². The van der Waals surface area contributed by atoms with E-state index in [0.29, 0.717) is 12.3 Å². The first-order chi connectivity index (χ1) is 15.0. The smallest absolute Gasteiger partial charge is 0.230 e. The number of hydrogen-bond donors (Lipinski definition) is 1. The van der Waals surface area contributed by atoms with Gasteiger partial charge in [0.15, 0.2) is 0 Å². The molecule has 0 aliphatic heterocycles. The number of aliphatic hydroxyl groups is 1. The van der Waals surface area contributed by atoms with Crippen LogP contribution in [0.2, 0.25) is 0 Å². The van der Waals surface area contributed by atoms with E-state index in [9.17, 15) is 5.11 Å². The van der Waals surface area contributed by atoms with Gasteiger partial charge in [-0.1, -0.05) is 60.7 Å². The molecule has 0 amide bonds. The van der Waals surface area contributed by atoms with E-state index in [0.717, 1.165) is 39.2 Å². The Labute approximate surface area is 179 Å². The Hall–Kier alpha value is -3.77. The Morgan fingerprint density at radius 1 is 0.903 bits per heavy atom. The van der Waals surface area contributed by atoms with Crippen molar-refractivity contribution in [2.24, 2.45) is 0 Å². The van der Waals surface area contributed by atoms with E-state index >= 15 is 0 Å². The minimum atomic E-state index is -0.894. The first-order valence-corrected chi connectivity index (χ1v) is 10.1. The largest absolute Gasteiger partial charge is 0.438 e. The van der Waals surface area contributed by atoms with Gasteiger partial charge in [0.1, 0.15) is 17.8 Å². The summed E-state index contributed by atoms with van der Waals surface area (Å²) in [6, 6.07) is 21.9. The predicted octanol–water partition coefficient (Wildman–Crippen LogP) is 5.19. The van der Waals surface area contributed by atoms with E-state index in [4.69, 9.17) is 9.52 Å². The first-order valence-electron chi connectivity index (χ1n) is 10.1. The van der Waals surface area contributed by atoms with Crippen molar-refractivity contribution in [3.05, 3.63) is 79.3 Å². The lowest BCUT2D eigenvalue weighted by Crippen LogP contribution is -2.26. The van der Waals surface area contributed by atoms with Gasteiger partial charge in [0.25, 0.3) is 0 Å². The summed E-state index contributed by atoms with van der Waals surface area (Å²) >= 11 is 0. The third kappa shape index (κ3) is 3.85. The van der Waals surface area contributed by atoms with Crippen LogP contribution in [0, 0.1) is 0 Å². The maximum atomic E-state index is 10.3. The highest BCUT2D eigenvalue weighted by atomic mass is 16.3. The fraction of sp³-hybridized carbons (Fsp3) is 0.160. The fourth-order valence-corrected chi connectivity index (χ4v) is 3.70. The molecule has 154 valence electrons. The van der Waals surface area contributed by atoms with Crippen molar-refractivity contribution in [2.45, 2.75) is 26.0 Å². The maximum Gasteiger partial charge on any atom is 0.230 e. The number of nitrogens with zero attached hydrogens (tertiary/aromatic N) is 4. The molecule has 6 heteroatoms. The second kappa shape index (κ2) is 7.49. The molecule has 0 fully saturated rings. The molecule has 0 unspecified atom stereocenters. The summed E-state index contributed by atoms with van der Waals surface area (Å²) < 4.78 is 7.80. The van der Waals surface area contributed by atoms with Crippen molar-refractivity contribution in [1.82, 2.24) is 19.7 Å². The maximum absolute atomic E-state index is 10.3. The third-order valence-electron chi connectivity index (χ3n) is 5.00. The standard InChI is InChI=1S/C25H22N4O2/c1-25(2,30)15-29-14-20(22(28-29)18-11-7-4-8-12-18)23-19-13-21(17-9-5-3-6-10-17)31-24(19)27-16-26-23/h3-14,16,30H,15H2,1-2H3. The molecule has 0 bridgehead atoms. The Morgan fingerprint density at radius 3 is 2.26 bits per heavy atom. The van der Waals surface area contributed by atoms with Crippen LogP contribution in [0.5, 0.6) is 0 Å². The topological polar surface area (TPSA) is 77.0 Å². The van der Waals surface area contributed by atoms with Crippen molar-refractivity contribution in [1.29, 1.82) is 0 Å². The Bertz CT molecular complexity index is 1330. The van der Waals surface area contributed by atoms with Gasteiger partial charge in [-0.05, 0) is 19.9 Å². The minimum absolute atomic E-state index is 0.363. The molecular weight excluding hydrogens is 388 g/mol. The number of furan rings is 1. The number of hydrogen-bond acceptors (Lipinski definition) is 5. The quantitative estimate of drug-likeness (QED) is 0.431. The molecule has 5 aromatic rings. The van der Waals surface area contributed by atoms with Gasteiger partial charge in [0.2, 0.25) is 5.71 Å². The van der Waals surface area contributed by atoms with Gasteiger partial charge in [-0.2, -0.15) is 5.10 Å². The molecule has 6 nitrogen and oxygen atoms in total. The summed E-state index contributed by atoms with van der Waals surface area (Å²) in [6.45, 7) is 3.89. The van der Waals surface area contributed by atoms with Crippen molar-refractivity contribution in [2.75, 3.05) is 0 Å². The number of benzene rings is 2. The van der Waals surface area contributed by atoms with Crippen LogP contribution in [-0.2, 0) is 6.54 Å². The van der Waals surface area contributed by atoms with Crippen LogP contribution < -0.4 is 0 Å². The SMILES string of the molecule is CC(C)(O)Cn1cc(-c2ncnc3oc(-c4ccccc4)cc23)c(-c2ccccc2)n1. The normalized spacial score (nSPS) is 11.8. The second-order valence-corrected chi connectivity index (χ2v) is 8.19. The fourth-order valence-electron chi connectivity index (χ4n) is 3.70. The molecule has 1 N–H and O–H groups in total. The molecule has 2 aromatic carbocycles. The van der Waals surface area contributed by atoms with E-state index in [1.54, 1.807) is 18.5 Å². The van der Waals surface area contributed by atoms with E-state index in [2.05, 4.69) is 9.97 Å². The second-order valence-electron chi connectivity index (χ2n) is 8.19. The van der Waals surface area contributed by atoms with E-state index in [1.807, 2.05) is 72.9 Å². The molecule has 0 radical (unpaired) electrons. The molecule has 0 atom stereocenters. The van der Waals surface area contributed by atoms with Crippen LogP contribution in [0.25, 0.3) is 44.9 Å². The molecule has 0 saturated heterocycles. The summed E-state index contributed by atoms with van der Waals surface area (Å²) in [6.07, 6.45) is 3.44. The highest BCUT2D eigenvalue weighted by Crippen LogP contribution is 2.36. The van der Waals surface area contributed by atoms with Gasteiger partial charge >= 0.3 is 0 Å².